The number of aromatic nitrogens is 3. The van der Waals surface area contributed by atoms with E-state index in [1.54, 1.807) is 64.6 Å². The Morgan fingerprint density at radius 2 is 1.81 bits per heavy atom. The summed E-state index contributed by atoms with van der Waals surface area (Å²) in [6.45, 7) is 5.09. The molecule has 2 aromatic carbocycles. The SMILES string of the molecule is CCN(CC)C(=O)c1ccc2c([S+](C)[O-])cn(-c3ncc(-c4ccccc4F)cn3)c2c1. The van der Waals surface area contributed by atoms with Crippen LogP contribution in [0.2, 0.25) is 0 Å². The molecule has 0 bridgehead atoms. The van der Waals surface area contributed by atoms with Crippen LogP contribution in [0.5, 0.6) is 0 Å². The molecule has 0 aliphatic carbocycles. The maximum atomic E-state index is 14.1. The predicted octanol–water partition coefficient (Wildman–Crippen LogP) is 4.45. The maximum Gasteiger partial charge on any atom is 0.253 e. The van der Waals surface area contributed by atoms with Crippen molar-refractivity contribution >= 4 is 28.0 Å². The molecule has 8 heteroatoms. The third-order valence-electron chi connectivity index (χ3n) is 5.41. The predicted molar refractivity (Wildman–Crippen MR) is 124 cm³/mol. The number of hydrogen-bond acceptors (Lipinski definition) is 4. The van der Waals surface area contributed by atoms with E-state index in [4.69, 9.17) is 0 Å². The first-order valence-corrected chi connectivity index (χ1v) is 11.9. The lowest BCUT2D eigenvalue weighted by Gasteiger charge is -2.18. The van der Waals surface area contributed by atoms with Gasteiger partial charge >= 0.3 is 0 Å². The van der Waals surface area contributed by atoms with Crippen LogP contribution in [0.15, 0.2) is 66.0 Å². The van der Waals surface area contributed by atoms with Crippen molar-refractivity contribution in [1.29, 1.82) is 0 Å². The summed E-state index contributed by atoms with van der Waals surface area (Å²) in [5, 5.41) is 0.767. The van der Waals surface area contributed by atoms with Crippen LogP contribution in [0.1, 0.15) is 24.2 Å². The van der Waals surface area contributed by atoms with Crippen molar-refractivity contribution < 1.29 is 13.7 Å². The Kier molecular flexibility index (Phi) is 6.25. The number of carbonyl (C=O) groups excluding carboxylic acids is 1. The number of rotatable bonds is 6. The summed E-state index contributed by atoms with van der Waals surface area (Å²) >= 11 is -1.24. The van der Waals surface area contributed by atoms with Gasteiger partial charge in [-0.15, -0.1) is 0 Å². The summed E-state index contributed by atoms with van der Waals surface area (Å²) < 4.78 is 28.2. The van der Waals surface area contributed by atoms with Crippen LogP contribution < -0.4 is 0 Å². The molecule has 164 valence electrons. The van der Waals surface area contributed by atoms with Crippen LogP contribution in [0.25, 0.3) is 28.0 Å². The Labute approximate surface area is 188 Å². The van der Waals surface area contributed by atoms with Gasteiger partial charge in [-0.25, -0.2) is 14.4 Å². The second kappa shape index (κ2) is 9.10. The minimum absolute atomic E-state index is 0.0698. The molecule has 1 atom stereocenters. The average Bonchev–Trinajstić information content (AvgIpc) is 3.19. The molecule has 2 aromatic heterocycles. The molecular weight excluding hydrogens is 427 g/mol. The topological polar surface area (TPSA) is 74.1 Å². The first kappa shape index (κ1) is 22.0. The monoisotopic (exact) mass is 450 g/mol. The number of benzene rings is 2. The van der Waals surface area contributed by atoms with Crippen LogP contribution in [-0.2, 0) is 11.2 Å². The number of nitrogens with zero attached hydrogens (tertiary/aromatic N) is 4. The molecule has 0 N–H and O–H groups in total. The lowest BCUT2D eigenvalue weighted by molar-refractivity contribution is 0.0773. The fraction of sp³-hybridized carbons (Fsp3) is 0.208. The zero-order valence-corrected chi connectivity index (χ0v) is 18.9. The minimum Gasteiger partial charge on any atom is -0.612 e. The molecular formula is C24H23FN4O2S. The van der Waals surface area contributed by atoms with E-state index in [0.29, 0.717) is 46.1 Å². The van der Waals surface area contributed by atoms with Crippen LogP contribution in [-0.4, -0.2) is 49.2 Å². The largest absolute Gasteiger partial charge is 0.612 e. The number of hydrogen-bond donors (Lipinski definition) is 0. The van der Waals surface area contributed by atoms with Gasteiger partial charge in [0.05, 0.1) is 17.1 Å². The molecule has 0 radical (unpaired) electrons. The summed E-state index contributed by atoms with van der Waals surface area (Å²) in [4.78, 5) is 24.1. The second-order valence-electron chi connectivity index (χ2n) is 7.28. The van der Waals surface area contributed by atoms with E-state index in [0.717, 1.165) is 5.39 Å². The fourth-order valence-electron chi connectivity index (χ4n) is 3.70. The van der Waals surface area contributed by atoms with Gasteiger partial charge in [0.25, 0.3) is 5.91 Å². The van der Waals surface area contributed by atoms with E-state index in [-0.39, 0.29) is 11.7 Å². The Hall–Kier alpha value is -3.23. The van der Waals surface area contributed by atoms with Gasteiger partial charge in [-0.2, -0.15) is 0 Å². The normalized spacial score (nSPS) is 12.2. The molecule has 1 amide bonds. The first-order chi connectivity index (χ1) is 15.4. The quantitative estimate of drug-likeness (QED) is 0.407. The lowest BCUT2D eigenvalue weighted by Crippen LogP contribution is -2.30. The standard InChI is InChI=1S/C24H23FN4O2S/c1-4-28(5-2)23(30)16-10-11-19-21(12-16)29(15-22(19)32(3)31)24-26-13-17(14-27-24)18-8-6-7-9-20(18)25/h6-15H,4-5H2,1-3H3. The van der Waals surface area contributed by atoms with E-state index >= 15 is 0 Å². The molecule has 0 saturated heterocycles. The number of fused-ring (bicyclic) bond motifs is 1. The van der Waals surface area contributed by atoms with Crippen LogP contribution in [0.3, 0.4) is 0 Å². The van der Waals surface area contributed by atoms with E-state index in [9.17, 15) is 13.7 Å². The van der Waals surface area contributed by atoms with Crippen molar-refractivity contribution in [3.05, 3.63) is 72.4 Å². The van der Waals surface area contributed by atoms with Gasteiger partial charge in [0.2, 0.25) is 5.95 Å². The van der Waals surface area contributed by atoms with Crippen molar-refractivity contribution in [3.8, 4) is 17.1 Å². The van der Waals surface area contributed by atoms with Gasteiger partial charge in [-0.1, -0.05) is 18.2 Å². The third kappa shape index (κ3) is 3.99. The van der Waals surface area contributed by atoms with E-state index in [1.165, 1.54) is 6.07 Å². The number of carbonyl (C=O) groups is 1. The summed E-state index contributed by atoms with van der Waals surface area (Å²) in [5.41, 5.74) is 2.20. The molecule has 6 nitrogen and oxygen atoms in total. The van der Waals surface area contributed by atoms with Gasteiger partial charge < -0.3 is 9.45 Å². The van der Waals surface area contributed by atoms with Crippen molar-refractivity contribution in [1.82, 2.24) is 19.4 Å². The van der Waals surface area contributed by atoms with Gasteiger partial charge in [-0.05, 0) is 49.3 Å². The zero-order valence-electron chi connectivity index (χ0n) is 18.1. The van der Waals surface area contributed by atoms with Crippen LogP contribution in [0, 0.1) is 5.82 Å². The Morgan fingerprint density at radius 1 is 1.12 bits per heavy atom. The van der Waals surface area contributed by atoms with E-state index < -0.39 is 11.2 Å². The summed E-state index contributed by atoms with van der Waals surface area (Å²) in [6, 6.07) is 11.8. The molecule has 0 aliphatic heterocycles. The second-order valence-corrected chi connectivity index (χ2v) is 8.63. The Morgan fingerprint density at radius 3 is 2.44 bits per heavy atom. The van der Waals surface area contributed by atoms with Gasteiger partial charge in [0.1, 0.15) is 12.1 Å². The summed E-state index contributed by atoms with van der Waals surface area (Å²) in [7, 11) is 0. The highest BCUT2D eigenvalue weighted by Crippen LogP contribution is 2.29. The minimum atomic E-state index is -1.24. The highest BCUT2D eigenvalue weighted by molar-refractivity contribution is 7.91. The average molecular weight is 451 g/mol. The molecule has 0 saturated carbocycles. The van der Waals surface area contributed by atoms with Gasteiger partial charge in [0, 0.05) is 42.2 Å². The van der Waals surface area contributed by atoms with Crippen LogP contribution in [0.4, 0.5) is 4.39 Å². The van der Waals surface area contributed by atoms with Gasteiger partial charge in [-0.3, -0.25) is 9.36 Å². The van der Waals surface area contributed by atoms with Crippen molar-refractivity contribution in [3.63, 3.8) is 0 Å². The number of amides is 1. The third-order valence-corrected chi connectivity index (χ3v) is 6.36. The molecule has 0 fully saturated rings. The molecule has 32 heavy (non-hydrogen) atoms. The summed E-state index contributed by atoms with van der Waals surface area (Å²) in [6.07, 6.45) is 6.45. The highest BCUT2D eigenvalue weighted by atomic mass is 32.2. The fourth-order valence-corrected chi connectivity index (χ4v) is 4.43. The molecule has 0 spiro atoms. The van der Waals surface area contributed by atoms with Crippen molar-refractivity contribution in [2.75, 3.05) is 19.3 Å². The molecule has 1 unspecified atom stereocenters. The smallest absolute Gasteiger partial charge is 0.253 e. The van der Waals surface area contributed by atoms with Crippen molar-refractivity contribution in [2.45, 2.75) is 18.7 Å². The van der Waals surface area contributed by atoms with Crippen LogP contribution >= 0.6 is 0 Å². The highest BCUT2D eigenvalue weighted by Gasteiger charge is 2.21. The molecule has 4 rings (SSSR count). The zero-order chi connectivity index (χ0) is 22.8. The maximum absolute atomic E-state index is 14.1. The van der Waals surface area contributed by atoms with Crippen molar-refractivity contribution in [2.24, 2.45) is 0 Å². The Balaban J connectivity index is 1.81. The first-order valence-electron chi connectivity index (χ1n) is 10.3. The van der Waals surface area contributed by atoms with Gasteiger partial charge in [0.15, 0.2) is 4.90 Å². The molecule has 4 aromatic rings. The van der Waals surface area contributed by atoms with E-state index in [2.05, 4.69) is 9.97 Å². The van der Waals surface area contributed by atoms with E-state index in [1.807, 2.05) is 19.9 Å². The molecule has 2 heterocycles. The lowest BCUT2D eigenvalue weighted by atomic mass is 10.1. The number of halogens is 1. The molecule has 0 aliphatic rings. The Bertz CT molecular complexity index is 1270. The summed E-state index contributed by atoms with van der Waals surface area (Å²) in [5.74, 6) is -0.0719.